The summed E-state index contributed by atoms with van der Waals surface area (Å²) in [6, 6.07) is 8.52. The van der Waals surface area contributed by atoms with Gasteiger partial charge in [-0.2, -0.15) is 0 Å². The van der Waals surface area contributed by atoms with Crippen LogP contribution in [0.1, 0.15) is 57.6 Å². The van der Waals surface area contributed by atoms with Gasteiger partial charge in [-0.25, -0.2) is 0 Å². The third-order valence-electron chi connectivity index (χ3n) is 4.22. The minimum Gasteiger partial charge on any atom is -0.365 e. The fourth-order valence-electron chi connectivity index (χ4n) is 2.86. The standard InChI is InChI=1S/C22H32N2O2/c1-5-10-21(6-2)24(7-3)17-20-13-8-11-19(15-20)12-9-14-22(26)23-16-18(4)25/h8,11,13,15H,2,5,7,9-10,12,14,16-17H2,1,3-4H3,(H,23,26). The zero-order valence-corrected chi connectivity index (χ0v) is 16.4. The second kappa shape index (κ2) is 12.1. The number of aryl methyl sites for hydroxylation is 1. The molecule has 1 aromatic carbocycles. The van der Waals surface area contributed by atoms with Gasteiger partial charge in [0, 0.05) is 19.5 Å². The molecule has 4 heteroatoms. The summed E-state index contributed by atoms with van der Waals surface area (Å²) in [4.78, 5) is 24.9. The highest BCUT2D eigenvalue weighted by molar-refractivity contribution is 5.84. The maximum atomic E-state index is 11.7. The van der Waals surface area contributed by atoms with Gasteiger partial charge in [-0.15, -0.1) is 5.73 Å². The van der Waals surface area contributed by atoms with Gasteiger partial charge >= 0.3 is 0 Å². The van der Waals surface area contributed by atoms with E-state index in [1.54, 1.807) is 0 Å². The Morgan fingerprint density at radius 3 is 2.54 bits per heavy atom. The molecule has 0 aliphatic heterocycles. The van der Waals surface area contributed by atoms with Crippen LogP contribution in [0.25, 0.3) is 0 Å². The van der Waals surface area contributed by atoms with Crippen LogP contribution in [0.3, 0.4) is 0 Å². The van der Waals surface area contributed by atoms with Crippen LogP contribution in [0.2, 0.25) is 0 Å². The van der Waals surface area contributed by atoms with Crippen molar-refractivity contribution >= 4 is 11.7 Å². The monoisotopic (exact) mass is 356 g/mol. The largest absolute Gasteiger partial charge is 0.365 e. The summed E-state index contributed by atoms with van der Waals surface area (Å²) in [6.07, 6.45) is 4.15. The van der Waals surface area contributed by atoms with Gasteiger partial charge < -0.3 is 10.2 Å². The number of allylic oxidation sites excluding steroid dienone is 1. The van der Waals surface area contributed by atoms with Crippen LogP contribution in [-0.2, 0) is 22.6 Å². The van der Waals surface area contributed by atoms with Gasteiger partial charge in [0.2, 0.25) is 5.91 Å². The zero-order chi connectivity index (χ0) is 19.4. The highest BCUT2D eigenvalue weighted by Crippen LogP contribution is 2.16. The zero-order valence-electron chi connectivity index (χ0n) is 16.4. The highest BCUT2D eigenvalue weighted by Gasteiger charge is 2.08. The summed E-state index contributed by atoms with van der Waals surface area (Å²) >= 11 is 0. The molecule has 1 amide bonds. The van der Waals surface area contributed by atoms with Crippen molar-refractivity contribution in [2.75, 3.05) is 13.1 Å². The Bertz CT molecular complexity index is 645. The van der Waals surface area contributed by atoms with Crippen molar-refractivity contribution in [2.45, 2.75) is 59.4 Å². The maximum Gasteiger partial charge on any atom is 0.220 e. The topological polar surface area (TPSA) is 49.4 Å². The molecule has 142 valence electrons. The maximum absolute atomic E-state index is 11.7. The number of hydrogen-bond acceptors (Lipinski definition) is 3. The van der Waals surface area contributed by atoms with Crippen LogP contribution in [0, 0.1) is 0 Å². The van der Waals surface area contributed by atoms with Crippen LogP contribution in [0.4, 0.5) is 0 Å². The van der Waals surface area contributed by atoms with Gasteiger partial charge in [0.1, 0.15) is 5.78 Å². The second-order valence-electron chi connectivity index (χ2n) is 6.54. The van der Waals surface area contributed by atoms with E-state index >= 15 is 0 Å². The predicted molar refractivity (Wildman–Crippen MR) is 107 cm³/mol. The molecule has 0 saturated heterocycles. The SMILES string of the molecule is C=C=C(CCC)N(CC)Cc1cccc(CCCC(=O)NCC(C)=O)c1. The lowest BCUT2D eigenvalue weighted by Crippen LogP contribution is -2.28. The Hall–Kier alpha value is -2.32. The van der Waals surface area contributed by atoms with Crippen LogP contribution < -0.4 is 5.32 Å². The van der Waals surface area contributed by atoms with Gasteiger partial charge in [-0.1, -0.05) is 44.2 Å². The molecular weight excluding hydrogens is 324 g/mol. The van der Waals surface area contributed by atoms with Crippen molar-refractivity contribution in [1.82, 2.24) is 10.2 Å². The molecule has 1 rings (SSSR count). The number of carbonyl (C=O) groups excluding carboxylic acids is 2. The van der Waals surface area contributed by atoms with E-state index in [-0.39, 0.29) is 18.2 Å². The Labute approximate surface area is 158 Å². The number of nitrogens with one attached hydrogen (secondary N) is 1. The van der Waals surface area contributed by atoms with E-state index < -0.39 is 0 Å². The van der Waals surface area contributed by atoms with E-state index in [1.165, 1.54) is 23.7 Å². The highest BCUT2D eigenvalue weighted by atomic mass is 16.2. The van der Waals surface area contributed by atoms with Crippen molar-refractivity contribution < 1.29 is 9.59 Å². The molecule has 0 bridgehead atoms. The average Bonchev–Trinajstić information content (AvgIpc) is 2.63. The van der Waals surface area contributed by atoms with Crippen molar-refractivity contribution in [1.29, 1.82) is 0 Å². The van der Waals surface area contributed by atoms with Crippen molar-refractivity contribution in [3.05, 3.63) is 53.4 Å². The smallest absolute Gasteiger partial charge is 0.220 e. The number of rotatable bonds is 12. The first-order valence-electron chi connectivity index (χ1n) is 9.47. The van der Waals surface area contributed by atoms with Crippen LogP contribution >= 0.6 is 0 Å². The van der Waals surface area contributed by atoms with E-state index in [0.29, 0.717) is 6.42 Å². The first-order valence-corrected chi connectivity index (χ1v) is 9.47. The van der Waals surface area contributed by atoms with E-state index in [4.69, 9.17) is 0 Å². The third-order valence-corrected chi connectivity index (χ3v) is 4.22. The summed E-state index contributed by atoms with van der Waals surface area (Å²) in [5.41, 5.74) is 6.74. The van der Waals surface area contributed by atoms with Crippen molar-refractivity contribution in [2.24, 2.45) is 0 Å². The van der Waals surface area contributed by atoms with E-state index in [0.717, 1.165) is 38.8 Å². The number of benzene rings is 1. The molecular formula is C22H32N2O2. The summed E-state index contributed by atoms with van der Waals surface area (Å²) in [5.74, 6) is -0.0867. The molecule has 0 fully saturated rings. The van der Waals surface area contributed by atoms with Gasteiger partial charge in [-0.3, -0.25) is 9.59 Å². The molecule has 0 spiro atoms. The lowest BCUT2D eigenvalue weighted by atomic mass is 10.0. The summed E-state index contributed by atoms with van der Waals surface area (Å²) < 4.78 is 0. The fraction of sp³-hybridized carbons (Fsp3) is 0.500. The van der Waals surface area contributed by atoms with Crippen LogP contribution in [0.5, 0.6) is 0 Å². The first kappa shape index (κ1) is 21.7. The van der Waals surface area contributed by atoms with Crippen molar-refractivity contribution in [3.63, 3.8) is 0 Å². The molecule has 0 aliphatic rings. The van der Waals surface area contributed by atoms with E-state index in [9.17, 15) is 9.59 Å². The average molecular weight is 357 g/mol. The second-order valence-corrected chi connectivity index (χ2v) is 6.54. The minimum absolute atomic E-state index is 0.0254. The molecule has 0 heterocycles. The van der Waals surface area contributed by atoms with E-state index in [1.807, 2.05) is 0 Å². The Kier molecular flexibility index (Phi) is 10.1. The van der Waals surface area contributed by atoms with Crippen molar-refractivity contribution in [3.8, 4) is 0 Å². The summed E-state index contributed by atoms with van der Waals surface area (Å²) in [7, 11) is 0. The number of carbonyl (C=O) groups is 2. The molecule has 0 atom stereocenters. The van der Waals surface area contributed by atoms with Crippen LogP contribution in [0.15, 0.2) is 42.3 Å². The minimum atomic E-state index is -0.0613. The lowest BCUT2D eigenvalue weighted by molar-refractivity contribution is -0.124. The number of hydrogen-bond donors (Lipinski definition) is 1. The molecule has 0 saturated carbocycles. The molecule has 0 unspecified atom stereocenters. The molecule has 1 aromatic rings. The third kappa shape index (κ3) is 8.17. The molecule has 0 aliphatic carbocycles. The molecule has 4 nitrogen and oxygen atoms in total. The predicted octanol–water partition coefficient (Wildman–Crippen LogP) is 4.01. The van der Waals surface area contributed by atoms with Gasteiger partial charge in [0.05, 0.1) is 12.2 Å². The first-order chi connectivity index (χ1) is 12.5. The normalized spacial score (nSPS) is 10.1. The molecule has 1 N–H and O–H groups in total. The Morgan fingerprint density at radius 1 is 1.19 bits per heavy atom. The quantitative estimate of drug-likeness (QED) is 0.576. The van der Waals surface area contributed by atoms with E-state index in [2.05, 4.69) is 60.6 Å². The molecule has 0 radical (unpaired) electrons. The molecule has 0 aromatic heterocycles. The lowest BCUT2D eigenvalue weighted by Gasteiger charge is -2.25. The number of ketones is 1. The van der Waals surface area contributed by atoms with Gasteiger partial charge in [0.15, 0.2) is 0 Å². The molecule has 26 heavy (non-hydrogen) atoms. The number of Topliss-reactive ketones (excluding diaryl/α,β-unsaturated/α-hetero) is 1. The van der Waals surface area contributed by atoms with Crippen LogP contribution in [-0.4, -0.2) is 29.7 Å². The van der Waals surface area contributed by atoms with Gasteiger partial charge in [-0.05, 0) is 44.2 Å². The Morgan fingerprint density at radius 2 is 1.92 bits per heavy atom. The fourth-order valence-corrected chi connectivity index (χ4v) is 2.86. The summed E-state index contributed by atoms with van der Waals surface area (Å²) in [5, 5.41) is 2.63. The number of amides is 1. The van der Waals surface area contributed by atoms with Gasteiger partial charge in [0.25, 0.3) is 0 Å². The number of nitrogens with zero attached hydrogens (tertiary/aromatic N) is 1. The Balaban J connectivity index is 2.57. The summed E-state index contributed by atoms with van der Waals surface area (Å²) in [6.45, 7) is 11.5.